The molecule has 0 aliphatic carbocycles. The zero-order chi connectivity index (χ0) is 19.5. The molecule has 0 N–H and O–H groups in total. The molecule has 28 heavy (non-hydrogen) atoms. The third-order valence-electron chi connectivity index (χ3n) is 4.33. The molecule has 0 atom stereocenters. The highest BCUT2D eigenvalue weighted by molar-refractivity contribution is 7.98. The summed E-state index contributed by atoms with van der Waals surface area (Å²) in [5.41, 5.74) is 2.68. The van der Waals surface area contributed by atoms with E-state index >= 15 is 0 Å². The van der Waals surface area contributed by atoms with Crippen molar-refractivity contribution in [1.29, 1.82) is 0 Å². The highest BCUT2D eigenvalue weighted by Gasteiger charge is 2.19. The Balaban J connectivity index is 1.68. The highest BCUT2D eigenvalue weighted by atomic mass is 32.2. The van der Waals surface area contributed by atoms with Crippen LogP contribution in [0, 0.1) is 12.7 Å². The summed E-state index contributed by atoms with van der Waals surface area (Å²) >= 11 is 1.49. The lowest BCUT2D eigenvalue weighted by Gasteiger charge is -2.10. The first-order chi connectivity index (χ1) is 13.7. The smallest absolute Gasteiger partial charge is 0.196 e. The molecule has 2 heterocycles. The number of ether oxygens (including phenoxy) is 1. The summed E-state index contributed by atoms with van der Waals surface area (Å²) < 4.78 is 26.4. The Labute approximate surface area is 166 Å². The number of rotatable bonds is 6. The molecule has 0 fully saturated rings. The second kappa shape index (κ2) is 7.90. The standard InChI is InChI=1S/C21H18FN3O2S/c1-14-17(10-11-27-14)20-23-24-21(25(20)16-6-4-3-5-7-16)28-13-15-8-9-19(26-2)18(22)12-15/h3-12H,13H2,1-2H3. The number of furan rings is 1. The number of halogens is 1. The van der Waals surface area contributed by atoms with Gasteiger partial charge in [-0.05, 0) is 42.8 Å². The molecule has 0 spiro atoms. The van der Waals surface area contributed by atoms with E-state index in [1.165, 1.54) is 24.9 Å². The summed E-state index contributed by atoms with van der Waals surface area (Å²) in [5.74, 6) is 1.90. The molecule has 0 unspecified atom stereocenters. The molecule has 7 heteroatoms. The van der Waals surface area contributed by atoms with Crippen LogP contribution < -0.4 is 4.74 Å². The average molecular weight is 395 g/mol. The van der Waals surface area contributed by atoms with Gasteiger partial charge in [0.05, 0.1) is 18.9 Å². The Hall–Kier alpha value is -3.06. The zero-order valence-corrected chi connectivity index (χ0v) is 16.2. The molecule has 0 aliphatic rings. The fourth-order valence-electron chi connectivity index (χ4n) is 2.91. The number of methoxy groups -OCH3 is 1. The van der Waals surface area contributed by atoms with Crippen LogP contribution in [-0.2, 0) is 5.75 Å². The Morgan fingerprint density at radius 2 is 1.93 bits per heavy atom. The van der Waals surface area contributed by atoms with Gasteiger partial charge in [-0.2, -0.15) is 0 Å². The minimum absolute atomic E-state index is 0.235. The van der Waals surface area contributed by atoms with Gasteiger partial charge in [0, 0.05) is 11.4 Å². The molecular weight excluding hydrogens is 377 g/mol. The van der Waals surface area contributed by atoms with E-state index in [9.17, 15) is 4.39 Å². The topological polar surface area (TPSA) is 53.1 Å². The van der Waals surface area contributed by atoms with Crippen molar-refractivity contribution in [3.63, 3.8) is 0 Å². The van der Waals surface area contributed by atoms with Crippen molar-refractivity contribution in [3.05, 3.63) is 78.0 Å². The van der Waals surface area contributed by atoms with Crippen LogP contribution >= 0.6 is 11.8 Å². The maximum Gasteiger partial charge on any atom is 0.196 e. The lowest BCUT2D eigenvalue weighted by Crippen LogP contribution is -2.00. The van der Waals surface area contributed by atoms with Crippen LogP contribution in [0.4, 0.5) is 4.39 Å². The van der Waals surface area contributed by atoms with Crippen molar-refractivity contribution >= 4 is 11.8 Å². The van der Waals surface area contributed by atoms with Gasteiger partial charge < -0.3 is 9.15 Å². The van der Waals surface area contributed by atoms with Crippen molar-refractivity contribution in [1.82, 2.24) is 14.8 Å². The molecule has 4 rings (SSSR count). The van der Waals surface area contributed by atoms with Gasteiger partial charge in [-0.3, -0.25) is 4.57 Å². The number of thioether (sulfide) groups is 1. The molecule has 142 valence electrons. The van der Waals surface area contributed by atoms with E-state index in [0.29, 0.717) is 11.6 Å². The number of nitrogens with zero attached hydrogens (tertiary/aromatic N) is 3. The molecule has 0 radical (unpaired) electrons. The van der Waals surface area contributed by atoms with Crippen LogP contribution in [0.1, 0.15) is 11.3 Å². The first-order valence-electron chi connectivity index (χ1n) is 8.68. The predicted molar refractivity (Wildman–Crippen MR) is 106 cm³/mol. The van der Waals surface area contributed by atoms with Crippen LogP contribution in [-0.4, -0.2) is 21.9 Å². The molecule has 2 aromatic carbocycles. The largest absolute Gasteiger partial charge is 0.494 e. The highest BCUT2D eigenvalue weighted by Crippen LogP contribution is 2.32. The summed E-state index contributed by atoms with van der Waals surface area (Å²) in [6.07, 6.45) is 1.64. The first kappa shape index (κ1) is 18.3. The second-order valence-corrected chi connectivity index (χ2v) is 7.07. The fourth-order valence-corrected chi connectivity index (χ4v) is 3.81. The quantitative estimate of drug-likeness (QED) is 0.416. The van der Waals surface area contributed by atoms with Gasteiger partial charge in [0.25, 0.3) is 0 Å². The molecule has 0 aliphatic heterocycles. The normalized spacial score (nSPS) is 11.0. The minimum atomic E-state index is -0.375. The minimum Gasteiger partial charge on any atom is -0.494 e. The molecule has 0 bridgehead atoms. The van der Waals surface area contributed by atoms with E-state index in [-0.39, 0.29) is 11.6 Å². The van der Waals surface area contributed by atoms with Gasteiger partial charge in [0.15, 0.2) is 22.5 Å². The Bertz CT molecular complexity index is 1090. The molecule has 4 aromatic rings. The Morgan fingerprint density at radius 3 is 2.61 bits per heavy atom. The molecule has 2 aromatic heterocycles. The van der Waals surface area contributed by atoms with Crippen LogP contribution in [0.15, 0.2) is 70.4 Å². The van der Waals surface area contributed by atoms with Crippen molar-refractivity contribution in [2.24, 2.45) is 0 Å². The van der Waals surface area contributed by atoms with Gasteiger partial charge in [-0.15, -0.1) is 10.2 Å². The van der Waals surface area contributed by atoms with Crippen LogP contribution in [0.5, 0.6) is 5.75 Å². The predicted octanol–water partition coefficient (Wildman–Crippen LogP) is 5.28. The average Bonchev–Trinajstić information content (AvgIpc) is 3.32. The third kappa shape index (κ3) is 3.53. The summed E-state index contributed by atoms with van der Waals surface area (Å²) in [7, 11) is 1.45. The second-order valence-electron chi connectivity index (χ2n) is 6.13. The van der Waals surface area contributed by atoms with Gasteiger partial charge >= 0.3 is 0 Å². The third-order valence-corrected chi connectivity index (χ3v) is 5.33. The Kier molecular flexibility index (Phi) is 5.16. The fraction of sp³-hybridized carbons (Fsp3) is 0.143. The van der Waals surface area contributed by atoms with Crippen molar-refractivity contribution in [2.45, 2.75) is 17.8 Å². The van der Waals surface area contributed by atoms with Gasteiger partial charge in [0.2, 0.25) is 0 Å². The number of hydrogen-bond donors (Lipinski definition) is 0. The number of aromatic nitrogens is 3. The maximum absolute atomic E-state index is 14.0. The van der Waals surface area contributed by atoms with E-state index in [2.05, 4.69) is 10.2 Å². The molecule has 5 nitrogen and oxygen atoms in total. The maximum atomic E-state index is 14.0. The van der Waals surface area contributed by atoms with Gasteiger partial charge in [0.1, 0.15) is 5.76 Å². The number of hydrogen-bond acceptors (Lipinski definition) is 5. The lowest BCUT2D eigenvalue weighted by atomic mass is 10.2. The first-order valence-corrected chi connectivity index (χ1v) is 9.66. The lowest BCUT2D eigenvalue weighted by molar-refractivity contribution is 0.386. The van der Waals surface area contributed by atoms with Crippen molar-refractivity contribution < 1.29 is 13.5 Å². The molecule has 0 saturated carbocycles. The molecule has 0 amide bonds. The van der Waals surface area contributed by atoms with E-state index in [4.69, 9.17) is 9.15 Å². The summed E-state index contributed by atoms with van der Waals surface area (Å²) in [6.45, 7) is 1.90. The number of benzene rings is 2. The van der Waals surface area contributed by atoms with E-state index in [1.807, 2.05) is 54.0 Å². The van der Waals surface area contributed by atoms with Crippen molar-refractivity contribution in [3.8, 4) is 22.8 Å². The number of para-hydroxylation sites is 1. The van der Waals surface area contributed by atoms with Crippen LogP contribution in [0.25, 0.3) is 17.1 Å². The molecular formula is C21H18FN3O2S. The summed E-state index contributed by atoms with van der Waals surface area (Å²) in [4.78, 5) is 0. The Morgan fingerprint density at radius 1 is 1.11 bits per heavy atom. The van der Waals surface area contributed by atoms with E-state index in [1.54, 1.807) is 12.3 Å². The zero-order valence-electron chi connectivity index (χ0n) is 15.4. The summed E-state index contributed by atoms with van der Waals surface area (Å²) in [6, 6.07) is 16.7. The SMILES string of the molecule is COc1ccc(CSc2nnc(-c3ccoc3C)n2-c2ccccc2)cc1F. The van der Waals surface area contributed by atoms with E-state index in [0.717, 1.165) is 27.7 Å². The van der Waals surface area contributed by atoms with Crippen LogP contribution in [0.2, 0.25) is 0 Å². The summed E-state index contributed by atoms with van der Waals surface area (Å²) in [5, 5.41) is 9.49. The van der Waals surface area contributed by atoms with Gasteiger partial charge in [-0.25, -0.2) is 4.39 Å². The monoisotopic (exact) mass is 395 g/mol. The van der Waals surface area contributed by atoms with Crippen LogP contribution in [0.3, 0.4) is 0 Å². The van der Waals surface area contributed by atoms with Crippen molar-refractivity contribution in [2.75, 3.05) is 7.11 Å². The van der Waals surface area contributed by atoms with E-state index < -0.39 is 0 Å². The number of aryl methyl sites for hydroxylation is 1. The van der Waals surface area contributed by atoms with Gasteiger partial charge in [-0.1, -0.05) is 36.0 Å². The molecule has 0 saturated heterocycles.